The van der Waals surface area contributed by atoms with Gasteiger partial charge < -0.3 is 9.80 Å². The third-order valence-corrected chi connectivity index (χ3v) is 19.0. The lowest BCUT2D eigenvalue weighted by molar-refractivity contribution is -0.138. The molecule has 2 nitrogen and oxygen atoms in total. The van der Waals surface area contributed by atoms with Crippen molar-refractivity contribution in [3.05, 3.63) is 278 Å². The Labute approximate surface area is 503 Å². The first-order valence-corrected chi connectivity index (χ1v) is 29.5. The molecule has 14 aromatic carbocycles. The van der Waals surface area contributed by atoms with Crippen molar-refractivity contribution in [3.63, 3.8) is 0 Å². The van der Waals surface area contributed by atoms with E-state index in [-0.39, 0.29) is 0 Å². The molecule has 18 rings (SSSR count). The van der Waals surface area contributed by atoms with Gasteiger partial charge in [-0.15, -0.1) is 0 Å². The van der Waals surface area contributed by atoms with Gasteiger partial charge in [0.05, 0.1) is 11.1 Å². The Hall–Kier alpha value is -10.6. The molecule has 0 atom stereocenters. The first kappa shape index (κ1) is 50.7. The van der Waals surface area contributed by atoms with Gasteiger partial charge in [0, 0.05) is 34.1 Å². The first-order valence-electron chi connectivity index (χ1n) is 29.5. The molecule has 414 valence electrons. The molecular weight excluding hydrogens is 1100 g/mol. The molecule has 0 N–H and O–H groups in total. The number of hydrogen-bond donors (Lipinski definition) is 0. The second kappa shape index (κ2) is 18.5. The summed E-state index contributed by atoms with van der Waals surface area (Å²) in [4.78, 5) is 3.97. The summed E-state index contributed by atoms with van der Waals surface area (Å²) in [7, 11) is 0. The third kappa shape index (κ3) is 7.17. The van der Waals surface area contributed by atoms with Gasteiger partial charge >= 0.3 is 12.4 Å². The molecule has 4 heterocycles. The van der Waals surface area contributed by atoms with E-state index in [0.717, 1.165) is 132 Å². The van der Waals surface area contributed by atoms with Crippen molar-refractivity contribution in [1.82, 2.24) is 0 Å². The third-order valence-electron chi connectivity index (χ3n) is 19.0. The van der Waals surface area contributed by atoms with Crippen LogP contribution >= 0.6 is 0 Å². The van der Waals surface area contributed by atoms with E-state index in [1.807, 2.05) is 168 Å². The van der Waals surface area contributed by atoms with Gasteiger partial charge in [0.15, 0.2) is 0 Å². The van der Waals surface area contributed by atoms with Crippen LogP contribution in [0.2, 0.25) is 0 Å². The van der Waals surface area contributed by atoms with Crippen LogP contribution in [0.15, 0.2) is 267 Å². The number of para-hydroxylation sites is 4. The maximum absolute atomic E-state index is 16.1. The van der Waals surface area contributed by atoms with Crippen molar-refractivity contribution >= 4 is 113 Å². The van der Waals surface area contributed by atoms with Gasteiger partial charge in [0.2, 0.25) is 13.4 Å². The highest BCUT2D eigenvalue weighted by molar-refractivity contribution is 7.02. The lowest BCUT2D eigenvalue weighted by Crippen LogP contribution is -2.60. The molecule has 4 aliphatic heterocycles. The quantitative estimate of drug-likeness (QED) is 0.0930. The standard InChI is InChI=1S/C78H44B2F6N2/c81-77(82,83)47-37-61-57-41-55(53-31-15-13-29-51(53)45-21-5-1-6-22-45)59-43-65-72-58(62-38-48(78(84,85)86)40-70-76(62)79(65)63-33-17-19-35-67(63)88(70)50-27-11-4-12-28-50)42-56(54-32-16-14-30-52(54)46-23-7-2-8-24-46)60-44-66(71(57)73(59)74(60)72)80-64-34-18-20-36-68(64)87(69(39-47)75(61)80)49-25-9-3-10-26-49/h1-44H. The summed E-state index contributed by atoms with van der Waals surface area (Å²) in [6.07, 6.45) is -9.47. The van der Waals surface area contributed by atoms with Gasteiger partial charge in [-0.3, -0.25) is 0 Å². The number of hydrogen-bond acceptors (Lipinski definition) is 2. The molecule has 0 unspecified atom stereocenters. The molecule has 0 bridgehead atoms. The van der Waals surface area contributed by atoms with E-state index >= 15 is 26.3 Å². The van der Waals surface area contributed by atoms with Crippen LogP contribution < -0.4 is 42.6 Å². The topological polar surface area (TPSA) is 6.48 Å². The van der Waals surface area contributed by atoms with Crippen molar-refractivity contribution < 1.29 is 26.3 Å². The fourth-order valence-corrected chi connectivity index (χ4v) is 15.6. The molecule has 4 aliphatic rings. The SMILES string of the molecule is FC(F)(F)c1cc2c3c(c1)N(c1ccccc1)c1ccccc1B3c1cc3c(-c4ccccc4-c4ccccc4)cc4c5c(cc6c(-c7ccccc7-c7ccccc7)cc-2c1c6c35)B1c2ccccc2N(c2ccccc2)c2cc(C(F)(F)F)cc-4c21. The largest absolute Gasteiger partial charge is 0.416 e. The van der Waals surface area contributed by atoms with E-state index < -0.39 is 36.9 Å². The predicted octanol–water partition coefficient (Wildman–Crippen LogP) is 17.8. The van der Waals surface area contributed by atoms with Crippen LogP contribution in [-0.2, 0) is 12.4 Å². The summed E-state index contributed by atoms with van der Waals surface area (Å²) in [5.41, 5.74) is 17.1. The zero-order chi connectivity index (χ0) is 58.9. The average Bonchev–Trinajstić information content (AvgIpc) is 0.670. The average molecular weight is 1140 g/mol. The number of alkyl halides is 6. The fourth-order valence-electron chi connectivity index (χ4n) is 15.6. The number of nitrogens with zero attached hydrogens (tertiary/aromatic N) is 2. The second-order valence-electron chi connectivity index (χ2n) is 23.5. The van der Waals surface area contributed by atoms with Crippen molar-refractivity contribution in [2.24, 2.45) is 0 Å². The fraction of sp³-hybridized carbons (Fsp3) is 0.0256. The van der Waals surface area contributed by atoms with Crippen molar-refractivity contribution in [2.45, 2.75) is 12.4 Å². The summed E-state index contributed by atoms with van der Waals surface area (Å²) >= 11 is 0. The number of anilines is 6. The lowest BCUT2D eigenvalue weighted by atomic mass is 9.31. The summed E-state index contributed by atoms with van der Waals surface area (Å²) < 4.78 is 96.4. The van der Waals surface area contributed by atoms with E-state index in [1.54, 1.807) is 0 Å². The monoisotopic (exact) mass is 1140 g/mol. The number of halogens is 6. The highest BCUT2D eigenvalue weighted by Gasteiger charge is 2.48. The van der Waals surface area contributed by atoms with E-state index in [1.165, 1.54) is 24.3 Å². The molecular formula is C78H44B2F6N2. The maximum atomic E-state index is 16.1. The minimum atomic E-state index is -4.73. The predicted molar refractivity (Wildman–Crippen MR) is 351 cm³/mol. The van der Waals surface area contributed by atoms with Gasteiger partial charge in [-0.1, -0.05) is 205 Å². The molecule has 0 aliphatic carbocycles. The van der Waals surface area contributed by atoms with Gasteiger partial charge in [-0.25, -0.2) is 0 Å². The second-order valence-corrected chi connectivity index (χ2v) is 23.5. The number of rotatable bonds is 6. The number of fused-ring (bicyclic) bond motifs is 8. The smallest absolute Gasteiger partial charge is 0.311 e. The molecule has 0 aromatic heterocycles. The van der Waals surface area contributed by atoms with Crippen LogP contribution in [0.5, 0.6) is 0 Å². The van der Waals surface area contributed by atoms with E-state index in [2.05, 4.69) is 84.9 Å². The molecule has 10 heteroatoms. The Balaban J connectivity index is 1.09. The summed E-state index contributed by atoms with van der Waals surface area (Å²) in [5, 5.41) is 5.10. The molecule has 88 heavy (non-hydrogen) atoms. The molecule has 0 spiro atoms. The van der Waals surface area contributed by atoms with Crippen molar-refractivity contribution in [2.75, 3.05) is 9.80 Å². The zero-order valence-electron chi connectivity index (χ0n) is 46.7. The minimum absolute atomic E-state index is 0.441. The molecule has 14 aromatic rings. The van der Waals surface area contributed by atoms with E-state index in [9.17, 15) is 0 Å². The van der Waals surface area contributed by atoms with Gasteiger partial charge in [0.25, 0.3) is 0 Å². The molecule has 0 amide bonds. The van der Waals surface area contributed by atoms with Gasteiger partial charge in [-0.05, 0) is 194 Å². The summed E-state index contributed by atoms with van der Waals surface area (Å²) in [6.45, 7) is -1.11. The molecule has 0 radical (unpaired) electrons. The van der Waals surface area contributed by atoms with Crippen LogP contribution in [-0.4, -0.2) is 13.4 Å². The lowest BCUT2D eigenvalue weighted by Gasteiger charge is -2.42. The highest BCUT2D eigenvalue weighted by Crippen LogP contribution is 2.55. The Kier molecular flexibility index (Phi) is 10.6. The van der Waals surface area contributed by atoms with Crippen LogP contribution in [0, 0.1) is 0 Å². The molecule has 0 saturated carbocycles. The van der Waals surface area contributed by atoms with E-state index in [4.69, 9.17) is 0 Å². The minimum Gasteiger partial charge on any atom is -0.311 e. The van der Waals surface area contributed by atoms with E-state index in [0.29, 0.717) is 33.6 Å². The molecule has 0 saturated heterocycles. The Bertz CT molecular complexity index is 4930. The number of benzene rings is 14. The Morgan fingerprint density at radius 1 is 0.250 bits per heavy atom. The Morgan fingerprint density at radius 2 is 0.591 bits per heavy atom. The summed E-state index contributed by atoms with van der Waals surface area (Å²) in [6, 6.07) is 86.5. The normalized spacial score (nSPS) is 13.5. The maximum Gasteiger partial charge on any atom is 0.416 e. The zero-order valence-corrected chi connectivity index (χ0v) is 46.7. The first-order chi connectivity index (χ1) is 43.0. The van der Waals surface area contributed by atoms with Crippen LogP contribution in [0.4, 0.5) is 60.5 Å². The highest BCUT2D eigenvalue weighted by atomic mass is 19.4. The molecule has 0 fully saturated rings. The Morgan fingerprint density at radius 3 is 0.977 bits per heavy atom. The van der Waals surface area contributed by atoms with Crippen LogP contribution in [0.3, 0.4) is 0 Å². The van der Waals surface area contributed by atoms with Gasteiger partial charge in [0.1, 0.15) is 0 Å². The van der Waals surface area contributed by atoms with Crippen LogP contribution in [0.25, 0.3) is 99.1 Å². The van der Waals surface area contributed by atoms with Crippen molar-refractivity contribution in [3.8, 4) is 66.8 Å². The van der Waals surface area contributed by atoms with Crippen LogP contribution in [0.1, 0.15) is 11.1 Å². The van der Waals surface area contributed by atoms with Crippen molar-refractivity contribution in [1.29, 1.82) is 0 Å². The summed E-state index contributed by atoms with van der Waals surface area (Å²) in [5.74, 6) is 0. The van der Waals surface area contributed by atoms with Gasteiger partial charge in [-0.2, -0.15) is 26.3 Å².